The molecule has 0 spiro atoms. The van der Waals surface area contributed by atoms with Crippen molar-refractivity contribution in [1.82, 2.24) is 4.98 Å². The molecule has 1 aliphatic carbocycles. The summed E-state index contributed by atoms with van der Waals surface area (Å²) in [5, 5.41) is 9.87. The Labute approximate surface area is 118 Å². The molecule has 3 rings (SSSR count). The van der Waals surface area contributed by atoms with E-state index in [-0.39, 0.29) is 11.2 Å². The van der Waals surface area contributed by atoms with Crippen LogP contribution in [0, 0.1) is 16.7 Å². The highest BCUT2D eigenvalue weighted by Gasteiger charge is 2.40. The number of carbonyl (C=O) groups is 1. The van der Waals surface area contributed by atoms with Crippen LogP contribution in [0.1, 0.15) is 54.9 Å². The molecule has 20 heavy (non-hydrogen) atoms. The Morgan fingerprint density at radius 1 is 1.40 bits per heavy atom. The molecule has 0 atom stereocenters. The van der Waals surface area contributed by atoms with Crippen molar-refractivity contribution in [2.75, 3.05) is 0 Å². The van der Waals surface area contributed by atoms with Crippen LogP contribution in [0.15, 0.2) is 24.4 Å². The topological polar surface area (TPSA) is 56.6 Å². The summed E-state index contributed by atoms with van der Waals surface area (Å²) in [6, 6.07) is 7.59. The Morgan fingerprint density at radius 3 is 2.80 bits per heavy atom. The summed E-state index contributed by atoms with van der Waals surface area (Å²) in [5.41, 5.74) is 2.11. The van der Waals surface area contributed by atoms with Crippen LogP contribution in [0.25, 0.3) is 10.9 Å². The zero-order chi connectivity index (χ0) is 14.2. The van der Waals surface area contributed by atoms with Gasteiger partial charge in [-0.3, -0.25) is 4.79 Å². The van der Waals surface area contributed by atoms with Gasteiger partial charge in [0.25, 0.3) is 0 Å². The first-order valence-corrected chi connectivity index (χ1v) is 7.26. The number of rotatable bonds is 3. The minimum atomic E-state index is -0.164. The maximum absolute atomic E-state index is 12.9. The van der Waals surface area contributed by atoms with E-state index in [0.717, 1.165) is 48.6 Å². The van der Waals surface area contributed by atoms with Crippen LogP contribution in [0.4, 0.5) is 0 Å². The van der Waals surface area contributed by atoms with Gasteiger partial charge in [0.2, 0.25) is 0 Å². The van der Waals surface area contributed by atoms with Gasteiger partial charge in [-0.1, -0.05) is 25.8 Å². The highest BCUT2D eigenvalue weighted by molar-refractivity contribution is 6.10. The Kier molecular flexibility index (Phi) is 3.10. The van der Waals surface area contributed by atoms with E-state index in [1.807, 2.05) is 12.3 Å². The first-order chi connectivity index (χ1) is 9.70. The van der Waals surface area contributed by atoms with Gasteiger partial charge >= 0.3 is 0 Å². The van der Waals surface area contributed by atoms with Crippen molar-refractivity contribution in [2.24, 2.45) is 5.41 Å². The largest absolute Gasteiger partial charge is 0.360 e. The Bertz CT molecular complexity index is 699. The molecule has 3 nitrogen and oxygen atoms in total. The van der Waals surface area contributed by atoms with E-state index < -0.39 is 0 Å². The Hall–Kier alpha value is -2.08. The van der Waals surface area contributed by atoms with Gasteiger partial charge in [0.05, 0.1) is 11.6 Å². The number of nitrogens with one attached hydrogen (secondary N) is 1. The van der Waals surface area contributed by atoms with Crippen molar-refractivity contribution in [3.05, 3.63) is 35.5 Å². The van der Waals surface area contributed by atoms with E-state index in [0.29, 0.717) is 5.56 Å². The van der Waals surface area contributed by atoms with Crippen LogP contribution in [0.3, 0.4) is 0 Å². The van der Waals surface area contributed by atoms with Gasteiger partial charge in [-0.15, -0.1) is 0 Å². The highest BCUT2D eigenvalue weighted by Crippen LogP contribution is 2.44. The number of carbonyl (C=O) groups excluding carboxylic acids is 1. The van der Waals surface area contributed by atoms with Crippen molar-refractivity contribution in [3.8, 4) is 6.07 Å². The van der Waals surface area contributed by atoms with E-state index in [1.54, 1.807) is 12.1 Å². The number of Topliss-reactive ketones (excluding diaryl/α,β-unsaturated/α-hetero) is 1. The number of nitriles is 1. The summed E-state index contributed by atoms with van der Waals surface area (Å²) in [5.74, 6) is 0.272. The Morgan fingerprint density at radius 2 is 2.15 bits per heavy atom. The first kappa shape index (κ1) is 12.9. The summed E-state index contributed by atoms with van der Waals surface area (Å²) in [6.45, 7) is 2.12. The molecule has 1 N–H and O–H groups in total. The molecule has 3 heteroatoms. The molecule has 1 saturated carbocycles. The van der Waals surface area contributed by atoms with Crippen molar-refractivity contribution in [3.63, 3.8) is 0 Å². The number of fused-ring (bicyclic) bond motifs is 1. The van der Waals surface area contributed by atoms with Crippen molar-refractivity contribution in [2.45, 2.75) is 39.0 Å². The summed E-state index contributed by atoms with van der Waals surface area (Å²) in [6.07, 6.45) is 7.04. The number of nitrogens with zero attached hydrogens (tertiary/aromatic N) is 1. The number of aromatic amines is 1. The van der Waals surface area contributed by atoms with Crippen LogP contribution >= 0.6 is 0 Å². The maximum atomic E-state index is 12.9. The molecule has 0 aliphatic heterocycles. The normalized spacial score (nSPS) is 17.2. The molecular weight excluding hydrogens is 248 g/mol. The second-order valence-corrected chi connectivity index (χ2v) is 5.74. The zero-order valence-corrected chi connectivity index (χ0v) is 11.7. The van der Waals surface area contributed by atoms with Crippen LogP contribution in [0.2, 0.25) is 0 Å². The van der Waals surface area contributed by atoms with Crippen molar-refractivity contribution >= 4 is 16.7 Å². The van der Waals surface area contributed by atoms with Gasteiger partial charge in [-0.25, -0.2) is 0 Å². The van der Waals surface area contributed by atoms with Gasteiger partial charge in [0.15, 0.2) is 5.78 Å². The Balaban J connectivity index is 2.06. The summed E-state index contributed by atoms with van der Waals surface area (Å²) >= 11 is 0. The fourth-order valence-electron chi connectivity index (χ4n) is 3.46. The SMILES string of the molecule is CCC1(C(=O)c2c[nH]c3cc(C#N)ccc23)CCCC1. The van der Waals surface area contributed by atoms with Gasteiger partial charge in [0, 0.05) is 28.1 Å². The standard InChI is InChI=1S/C17H18N2O/c1-2-17(7-3-4-8-17)16(20)14-11-19-15-9-12(10-18)5-6-13(14)15/h5-6,9,11,19H,2-4,7-8H2,1H3. The molecule has 1 aliphatic rings. The molecule has 2 aromatic rings. The minimum absolute atomic E-state index is 0.164. The van der Waals surface area contributed by atoms with Crippen LogP contribution in [-0.2, 0) is 0 Å². The van der Waals surface area contributed by atoms with E-state index in [2.05, 4.69) is 18.0 Å². The van der Waals surface area contributed by atoms with Crippen LogP contribution in [0.5, 0.6) is 0 Å². The molecule has 0 bridgehead atoms. The quantitative estimate of drug-likeness (QED) is 0.847. The number of benzene rings is 1. The summed E-state index contributed by atoms with van der Waals surface area (Å²) < 4.78 is 0. The number of H-pyrrole nitrogens is 1. The van der Waals surface area contributed by atoms with Gasteiger partial charge in [0.1, 0.15) is 0 Å². The predicted octanol–water partition coefficient (Wildman–Crippen LogP) is 4.19. The molecule has 0 unspecified atom stereocenters. The lowest BCUT2D eigenvalue weighted by molar-refractivity contribution is 0.0793. The fourth-order valence-corrected chi connectivity index (χ4v) is 3.46. The van der Waals surface area contributed by atoms with Gasteiger partial charge < -0.3 is 4.98 Å². The van der Waals surface area contributed by atoms with Crippen molar-refractivity contribution in [1.29, 1.82) is 5.26 Å². The van der Waals surface area contributed by atoms with Gasteiger partial charge in [-0.05, 0) is 31.4 Å². The van der Waals surface area contributed by atoms with Crippen LogP contribution in [-0.4, -0.2) is 10.8 Å². The highest BCUT2D eigenvalue weighted by atomic mass is 16.1. The van der Waals surface area contributed by atoms with E-state index in [4.69, 9.17) is 5.26 Å². The maximum Gasteiger partial charge on any atom is 0.171 e. The molecule has 0 amide bonds. The van der Waals surface area contributed by atoms with E-state index in [1.165, 1.54) is 0 Å². The van der Waals surface area contributed by atoms with Crippen molar-refractivity contribution < 1.29 is 4.79 Å². The lowest BCUT2D eigenvalue weighted by Gasteiger charge is -2.25. The summed E-state index contributed by atoms with van der Waals surface area (Å²) in [4.78, 5) is 16.1. The molecule has 102 valence electrons. The fraction of sp³-hybridized carbons (Fsp3) is 0.412. The van der Waals surface area contributed by atoms with E-state index in [9.17, 15) is 4.79 Å². The molecule has 1 heterocycles. The number of aromatic nitrogens is 1. The third-order valence-electron chi connectivity index (χ3n) is 4.77. The number of hydrogen-bond acceptors (Lipinski definition) is 2. The average Bonchev–Trinajstić information content (AvgIpc) is 3.13. The monoisotopic (exact) mass is 266 g/mol. The molecule has 1 aromatic carbocycles. The second kappa shape index (κ2) is 4.79. The first-order valence-electron chi connectivity index (χ1n) is 7.26. The predicted molar refractivity (Wildman–Crippen MR) is 78.5 cm³/mol. The second-order valence-electron chi connectivity index (χ2n) is 5.74. The molecule has 1 fully saturated rings. The average molecular weight is 266 g/mol. The molecule has 0 radical (unpaired) electrons. The summed E-state index contributed by atoms with van der Waals surface area (Å²) in [7, 11) is 0. The van der Waals surface area contributed by atoms with Gasteiger partial charge in [-0.2, -0.15) is 5.26 Å². The number of hydrogen-bond donors (Lipinski definition) is 1. The third-order valence-corrected chi connectivity index (χ3v) is 4.77. The number of ketones is 1. The minimum Gasteiger partial charge on any atom is -0.360 e. The zero-order valence-electron chi connectivity index (χ0n) is 11.7. The van der Waals surface area contributed by atoms with Crippen LogP contribution < -0.4 is 0 Å². The lowest BCUT2D eigenvalue weighted by atomic mass is 9.76. The molecule has 0 saturated heterocycles. The lowest BCUT2D eigenvalue weighted by Crippen LogP contribution is -2.27. The smallest absolute Gasteiger partial charge is 0.171 e. The molecule has 1 aromatic heterocycles. The third kappa shape index (κ3) is 1.84. The van der Waals surface area contributed by atoms with E-state index >= 15 is 0 Å². The molecular formula is C17H18N2O.